The summed E-state index contributed by atoms with van der Waals surface area (Å²) in [7, 11) is 1.97. The largest absolute Gasteiger partial charge is 0.388 e. The van der Waals surface area contributed by atoms with Gasteiger partial charge in [0.1, 0.15) is 0 Å². The molecule has 1 unspecified atom stereocenters. The molecule has 0 saturated carbocycles. The number of hydrogen-bond donors (Lipinski definition) is 1. The summed E-state index contributed by atoms with van der Waals surface area (Å²) in [6.45, 7) is 2.24. The van der Waals surface area contributed by atoms with Crippen molar-refractivity contribution >= 4 is 5.69 Å². The van der Waals surface area contributed by atoms with Crippen molar-refractivity contribution in [3.63, 3.8) is 0 Å². The average Bonchev–Trinajstić information content (AvgIpc) is 2.39. The van der Waals surface area contributed by atoms with Crippen LogP contribution in [0.3, 0.4) is 0 Å². The molecule has 0 spiro atoms. The van der Waals surface area contributed by atoms with Gasteiger partial charge in [-0.1, -0.05) is 55.5 Å². The lowest BCUT2D eigenvalue weighted by Crippen LogP contribution is -2.00. The summed E-state index contributed by atoms with van der Waals surface area (Å²) in [5.74, 6) is 0.421. The van der Waals surface area contributed by atoms with E-state index >= 15 is 0 Å². The van der Waals surface area contributed by atoms with E-state index in [0.717, 1.165) is 0 Å². The maximum atomic E-state index is 3.25. The van der Waals surface area contributed by atoms with Gasteiger partial charge in [0.05, 0.1) is 0 Å². The Hall–Kier alpha value is -1.76. The standard InChI is InChI=1S/C15H17N/c1-12(13-8-4-3-5-9-13)14-10-6-7-11-15(14)16-2/h3-12,16H,1-2H3. The maximum Gasteiger partial charge on any atom is 0.0376 e. The third-order valence-corrected chi connectivity index (χ3v) is 3.00. The first-order valence-electron chi connectivity index (χ1n) is 5.64. The highest BCUT2D eigenvalue weighted by atomic mass is 14.8. The fourth-order valence-corrected chi connectivity index (χ4v) is 2.02. The maximum absolute atomic E-state index is 3.25. The van der Waals surface area contributed by atoms with E-state index in [1.54, 1.807) is 0 Å². The van der Waals surface area contributed by atoms with Crippen LogP contribution in [0.5, 0.6) is 0 Å². The summed E-state index contributed by atoms with van der Waals surface area (Å²) in [5, 5.41) is 3.25. The van der Waals surface area contributed by atoms with E-state index in [0.29, 0.717) is 5.92 Å². The van der Waals surface area contributed by atoms with Gasteiger partial charge in [0.25, 0.3) is 0 Å². The van der Waals surface area contributed by atoms with Crippen molar-refractivity contribution in [3.8, 4) is 0 Å². The average molecular weight is 211 g/mol. The zero-order valence-electron chi connectivity index (χ0n) is 9.77. The lowest BCUT2D eigenvalue weighted by atomic mass is 9.92. The second-order valence-corrected chi connectivity index (χ2v) is 3.97. The van der Waals surface area contributed by atoms with Gasteiger partial charge in [0.2, 0.25) is 0 Å². The first kappa shape index (κ1) is 10.7. The minimum absolute atomic E-state index is 0.421. The Balaban J connectivity index is 2.37. The Kier molecular flexibility index (Phi) is 3.25. The van der Waals surface area contributed by atoms with Gasteiger partial charge in [-0.25, -0.2) is 0 Å². The number of hydrogen-bond acceptors (Lipinski definition) is 1. The molecule has 0 aliphatic heterocycles. The van der Waals surface area contributed by atoms with E-state index in [1.165, 1.54) is 16.8 Å². The third-order valence-electron chi connectivity index (χ3n) is 3.00. The molecule has 0 aliphatic carbocycles. The monoisotopic (exact) mass is 211 g/mol. The summed E-state index contributed by atoms with van der Waals surface area (Å²) in [5.41, 5.74) is 3.90. The molecule has 0 heterocycles. The highest BCUT2D eigenvalue weighted by molar-refractivity contribution is 5.54. The van der Waals surface area contributed by atoms with Gasteiger partial charge >= 0.3 is 0 Å². The topological polar surface area (TPSA) is 12.0 Å². The lowest BCUT2D eigenvalue weighted by Gasteiger charge is -2.16. The molecule has 2 rings (SSSR count). The van der Waals surface area contributed by atoms with Crippen molar-refractivity contribution in [1.82, 2.24) is 0 Å². The summed E-state index contributed by atoms with van der Waals surface area (Å²) in [4.78, 5) is 0. The van der Waals surface area contributed by atoms with Crippen LogP contribution in [0, 0.1) is 0 Å². The molecule has 2 aromatic rings. The number of anilines is 1. The Labute approximate surface area is 97.1 Å². The first-order chi connectivity index (χ1) is 7.83. The molecule has 0 aromatic heterocycles. The zero-order chi connectivity index (χ0) is 11.4. The van der Waals surface area contributed by atoms with Crippen LogP contribution in [0.1, 0.15) is 24.0 Å². The number of benzene rings is 2. The molecular weight excluding hydrogens is 194 g/mol. The van der Waals surface area contributed by atoms with Crippen LogP contribution >= 0.6 is 0 Å². The van der Waals surface area contributed by atoms with Gasteiger partial charge in [-0.2, -0.15) is 0 Å². The Morgan fingerprint density at radius 2 is 1.50 bits per heavy atom. The molecule has 1 heteroatoms. The minimum atomic E-state index is 0.421. The van der Waals surface area contributed by atoms with E-state index in [1.807, 2.05) is 7.05 Å². The molecule has 82 valence electrons. The van der Waals surface area contributed by atoms with Gasteiger partial charge in [0.15, 0.2) is 0 Å². The number of rotatable bonds is 3. The smallest absolute Gasteiger partial charge is 0.0376 e. The van der Waals surface area contributed by atoms with Gasteiger partial charge in [-0.3, -0.25) is 0 Å². The first-order valence-corrected chi connectivity index (χ1v) is 5.64. The van der Waals surface area contributed by atoms with Crippen LogP contribution in [0.25, 0.3) is 0 Å². The molecule has 16 heavy (non-hydrogen) atoms. The fourth-order valence-electron chi connectivity index (χ4n) is 2.02. The highest BCUT2D eigenvalue weighted by Crippen LogP contribution is 2.29. The number of para-hydroxylation sites is 1. The lowest BCUT2D eigenvalue weighted by molar-refractivity contribution is 0.924. The van der Waals surface area contributed by atoms with E-state index in [9.17, 15) is 0 Å². The van der Waals surface area contributed by atoms with Crippen molar-refractivity contribution in [2.45, 2.75) is 12.8 Å². The fraction of sp³-hybridized carbons (Fsp3) is 0.200. The molecular formula is C15H17N. The Morgan fingerprint density at radius 3 is 2.19 bits per heavy atom. The van der Waals surface area contributed by atoms with Crippen molar-refractivity contribution < 1.29 is 0 Å². The van der Waals surface area contributed by atoms with E-state index in [-0.39, 0.29) is 0 Å². The Bertz CT molecular complexity index is 448. The summed E-state index contributed by atoms with van der Waals surface area (Å²) >= 11 is 0. The molecule has 0 saturated heterocycles. The SMILES string of the molecule is CNc1ccccc1C(C)c1ccccc1. The van der Waals surface area contributed by atoms with Crippen molar-refractivity contribution in [2.75, 3.05) is 12.4 Å². The summed E-state index contributed by atoms with van der Waals surface area (Å²) in [6, 6.07) is 19.1. The molecule has 1 atom stereocenters. The molecule has 2 aromatic carbocycles. The summed E-state index contributed by atoms with van der Waals surface area (Å²) in [6.07, 6.45) is 0. The van der Waals surface area contributed by atoms with Gasteiger partial charge in [0, 0.05) is 18.7 Å². The van der Waals surface area contributed by atoms with Crippen molar-refractivity contribution in [1.29, 1.82) is 0 Å². The molecule has 1 nitrogen and oxygen atoms in total. The van der Waals surface area contributed by atoms with Crippen LogP contribution < -0.4 is 5.32 Å². The molecule has 0 amide bonds. The van der Waals surface area contributed by atoms with E-state index < -0.39 is 0 Å². The van der Waals surface area contributed by atoms with Crippen LogP contribution in [-0.2, 0) is 0 Å². The third kappa shape index (κ3) is 2.08. The molecule has 1 N–H and O–H groups in total. The van der Waals surface area contributed by atoms with E-state index in [2.05, 4.69) is 66.8 Å². The Morgan fingerprint density at radius 1 is 0.875 bits per heavy atom. The molecule has 0 radical (unpaired) electrons. The molecule has 0 aliphatic rings. The summed E-state index contributed by atoms with van der Waals surface area (Å²) < 4.78 is 0. The van der Waals surface area contributed by atoms with E-state index in [4.69, 9.17) is 0 Å². The normalized spacial score (nSPS) is 12.1. The number of nitrogens with one attached hydrogen (secondary N) is 1. The quantitative estimate of drug-likeness (QED) is 0.812. The second-order valence-electron chi connectivity index (χ2n) is 3.97. The minimum Gasteiger partial charge on any atom is -0.388 e. The predicted octanol–water partition coefficient (Wildman–Crippen LogP) is 3.88. The van der Waals surface area contributed by atoms with Crippen molar-refractivity contribution in [3.05, 3.63) is 65.7 Å². The second kappa shape index (κ2) is 4.84. The van der Waals surface area contributed by atoms with Gasteiger partial charge in [-0.05, 0) is 17.2 Å². The molecule has 0 bridgehead atoms. The van der Waals surface area contributed by atoms with Gasteiger partial charge < -0.3 is 5.32 Å². The highest BCUT2D eigenvalue weighted by Gasteiger charge is 2.10. The van der Waals surface area contributed by atoms with Crippen LogP contribution in [0.4, 0.5) is 5.69 Å². The molecule has 0 fully saturated rings. The van der Waals surface area contributed by atoms with Crippen LogP contribution in [-0.4, -0.2) is 7.05 Å². The van der Waals surface area contributed by atoms with Crippen LogP contribution in [0.15, 0.2) is 54.6 Å². The van der Waals surface area contributed by atoms with Crippen LogP contribution in [0.2, 0.25) is 0 Å². The zero-order valence-corrected chi connectivity index (χ0v) is 9.77. The van der Waals surface area contributed by atoms with Crippen molar-refractivity contribution in [2.24, 2.45) is 0 Å². The predicted molar refractivity (Wildman–Crippen MR) is 69.9 cm³/mol. The van der Waals surface area contributed by atoms with Gasteiger partial charge in [-0.15, -0.1) is 0 Å².